The SMILES string of the molecule is N=C(N)NCCC[C@H](N)C(=O)N(C(=O)OCc1ccccc1)[C@@H](CCCNC(=N)N)C(=O)Nc1ccc2ccccc2c1. The van der Waals surface area contributed by atoms with Gasteiger partial charge < -0.3 is 37.9 Å². The second-order valence-corrected chi connectivity index (χ2v) is 9.89. The highest BCUT2D eigenvalue weighted by Crippen LogP contribution is 2.21. The predicted molar refractivity (Wildman–Crippen MR) is 166 cm³/mol. The number of rotatable bonds is 14. The van der Waals surface area contributed by atoms with Gasteiger partial charge in [-0.1, -0.05) is 60.7 Å². The lowest BCUT2D eigenvalue weighted by Gasteiger charge is -2.30. The third kappa shape index (κ3) is 10.3. The average Bonchev–Trinajstić information content (AvgIpc) is 2.99. The standard InChI is InChI=1S/C30H39N9O4/c31-24(12-6-16-36-28(32)33)27(41)39(30(42)43-19-20-8-2-1-3-9-20)25(13-7-17-37-29(34)35)26(40)38-23-15-14-21-10-4-5-11-22(21)18-23/h1-5,8-11,14-15,18,24-25H,6-7,12-13,16-17,19,31H2,(H,38,40)(H4,32,33,36)(H4,34,35,37)/t24-,25-/m0/s1. The van der Waals surface area contributed by atoms with E-state index in [9.17, 15) is 14.4 Å². The van der Waals surface area contributed by atoms with Crippen molar-refractivity contribution in [2.45, 2.75) is 44.4 Å². The van der Waals surface area contributed by atoms with Gasteiger partial charge in [-0.3, -0.25) is 20.4 Å². The molecule has 228 valence electrons. The maximum atomic E-state index is 13.8. The van der Waals surface area contributed by atoms with Crippen LogP contribution in [0.1, 0.15) is 31.2 Å². The molecular weight excluding hydrogens is 550 g/mol. The van der Waals surface area contributed by atoms with E-state index in [1.165, 1.54) is 0 Å². The highest BCUT2D eigenvalue weighted by Gasteiger charge is 2.38. The zero-order chi connectivity index (χ0) is 31.2. The largest absolute Gasteiger partial charge is 0.444 e. The third-order valence-corrected chi connectivity index (χ3v) is 6.56. The van der Waals surface area contributed by atoms with Crippen molar-refractivity contribution in [2.75, 3.05) is 18.4 Å². The number of carbonyl (C=O) groups is 3. The molecule has 11 N–H and O–H groups in total. The van der Waals surface area contributed by atoms with E-state index in [2.05, 4.69) is 16.0 Å². The fourth-order valence-electron chi connectivity index (χ4n) is 4.40. The van der Waals surface area contributed by atoms with E-state index in [0.29, 0.717) is 30.6 Å². The number of ether oxygens (including phenoxy) is 1. The molecule has 0 heterocycles. The monoisotopic (exact) mass is 589 g/mol. The molecule has 3 amide bonds. The number of anilines is 1. The van der Waals surface area contributed by atoms with Crippen molar-refractivity contribution in [3.8, 4) is 0 Å². The number of imide groups is 1. The van der Waals surface area contributed by atoms with Crippen LogP contribution < -0.4 is 33.2 Å². The Balaban J connectivity index is 1.87. The third-order valence-electron chi connectivity index (χ3n) is 6.56. The first-order chi connectivity index (χ1) is 20.7. The molecule has 3 rings (SSSR count). The van der Waals surface area contributed by atoms with E-state index >= 15 is 0 Å². The molecule has 0 aliphatic heterocycles. The Bertz CT molecular complexity index is 1420. The summed E-state index contributed by atoms with van der Waals surface area (Å²) in [5, 5.41) is 24.7. The summed E-state index contributed by atoms with van der Waals surface area (Å²) in [6, 6.07) is 19.6. The minimum Gasteiger partial charge on any atom is -0.444 e. The summed E-state index contributed by atoms with van der Waals surface area (Å²) < 4.78 is 5.51. The van der Waals surface area contributed by atoms with Gasteiger partial charge in [-0.2, -0.15) is 0 Å². The van der Waals surface area contributed by atoms with E-state index in [1.54, 1.807) is 36.4 Å². The van der Waals surface area contributed by atoms with Crippen LogP contribution in [0.5, 0.6) is 0 Å². The van der Waals surface area contributed by atoms with Gasteiger partial charge in [-0.05, 0) is 54.2 Å². The lowest BCUT2D eigenvalue weighted by atomic mass is 10.0. The molecule has 13 nitrogen and oxygen atoms in total. The molecule has 0 fully saturated rings. The maximum Gasteiger partial charge on any atom is 0.417 e. The zero-order valence-electron chi connectivity index (χ0n) is 23.8. The Kier molecular flexibility index (Phi) is 12.3. The number of nitrogens with one attached hydrogen (secondary N) is 5. The molecule has 0 aliphatic rings. The normalized spacial score (nSPS) is 12.0. The Morgan fingerprint density at radius 2 is 1.42 bits per heavy atom. The number of nitrogens with two attached hydrogens (primary N) is 3. The molecule has 3 aromatic carbocycles. The fourth-order valence-corrected chi connectivity index (χ4v) is 4.40. The number of nitrogens with zero attached hydrogens (tertiary/aromatic N) is 1. The summed E-state index contributed by atoms with van der Waals surface area (Å²) in [5.41, 5.74) is 18.1. The molecule has 0 radical (unpaired) electrons. The van der Waals surface area contributed by atoms with Gasteiger partial charge >= 0.3 is 6.09 Å². The Morgan fingerprint density at radius 1 is 0.814 bits per heavy atom. The first-order valence-electron chi connectivity index (χ1n) is 13.9. The van der Waals surface area contributed by atoms with Crippen LogP contribution in [0.25, 0.3) is 10.8 Å². The Hall–Kier alpha value is -5.17. The van der Waals surface area contributed by atoms with Crippen LogP contribution in [0, 0.1) is 10.8 Å². The molecule has 3 aromatic rings. The van der Waals surface area contributed by atoms with Crippen LogP contribution in [0.4, 0.5) is 10.5 Å². The summed E-state index contributed by atoms with van der Waals surface area (Å²) in [6.45, 7) is 0.419. The van der Waals surface area contributed by atoms with Crippen molar-refractivity contribution in [1.29, 1.82) is 10.8 Å². The van der Waals surface area contributed by atoms with Crippen molar-refractivity contribution in [2.24, 2.45) is 17.2 Å². The van der Waals surface area contributed by atoms with E-state index in [4.69, 9.17) is 32.8 Å². The van der Waals surface area contributed by atoms with Crippen LogP contribution in [0.2, 0.25) is 0 Å². The predicted octanol–water partition coefficient (Wildman–Crippen LogP) is 2.17. The van der Waals surface area contributed by atoms with Crippen molar-refractivity contribution in [1.82, 2.24) is 15.5 Å². The molecule has 0 saturated heterocycles. The first kappa shape index (κ1) is 32.3. The van der Waals surface area contributed by atoms with Gasteiger partial charge in [0, 0.05) is 18.8 Å². The summed E-state index contributed by atoms with van der Waals surface area (Å²) in [5.74, 6) is -1.84. The fraction of sp³-hybridized carbons (Fsp3) is 0.300. The average molecular weight is 590 g/mol. The number of amides is 3. The Labute approximate surface area is 250 Å². The molecular formula is C30H39N9O4. The molecule has 0 unspecified atom stereocenters. The summed E-state index contributed by atoms with van der Waals surface area (Å²) in [7, 11) is 0. The van der Waals surface area contributed by atoms with Gasteiger partial charge in [0.15, 0.2) is 11.9 Å². The van der Waals surface area contributed by atoms with E-state index in [1.807, 2.05) is 36.4 Å². The van der Waals surface area contributed by atoms with Crippen LogP contribution >= 0.6 is 0 Å². The molecule has 43 heavy (non-hydrogen) atoms. The summed E-state index contributed by atoms with van der Waals surface area (Å²) in [6.07, 6.45) is -0.125. The first-order valence-corrected chi connectivity index (χ1v) is 13.9. The Morgan fingerprint density at radius 3 is 2.07 bits per heavy atom. The molecule has 2 atom stereocenters. The van der Waals surface area contributed by atoms with Crippen LogP contribution in [-0.4, -0.2) is 59.9 Å². The van der Waals surface area contributed by atoms with E-state index < -0.39 is 30.0 Å². The molecule has 0 spiro atoms. The number of hydrogen-bond acceptors (Lipinski definition) is 7. The van der Waals surface area contributed by atoms with E-state index in [-0.39, 0.29) is 37.9 Å². The maximum absolute atomic E-state index is 13.8. The summed E-state index contributed by atoms with van der Waals surface area (Å²) >= 11 is 0. The molecule has 0 saturated carbocycles. The smallest absolute Gasteiger partial charge is 0.417 e. The highest BCUT2D eigenvalue weighted by molar-refractivity contribution is 6.04. The quantitative estimate of drug-likeness (QED) is 0.0782. The van der Waals surface area contributed by atoms with Gasteiger partial charge in [-0.15, -0.1) is 0 Å². The lowest BCUT2D eigenvalue weighted by Crippen LogP contribution is -2.55. The topological polar surface area (TPSA) is 226 Å². The van der Waals surface area contributed by atoms with Gasteiger partial charge in [0.25, 0.3) is 0 Å². The second kappa shape index (κ2) is 16.3. The lowest BCUT2D eigenvalue weighted by molar-refractivity contribution is -0.138. The highest BCUT2D eigenvalue weighted by atomic mass is 16.6. The molecule has 13 heteroatoms. The number of carbonyl (C=O) groups excluding carboxylic acids is 3. The molecule has 0 aliphatic carbocycles. The summed E-state index contributed by atoms with van der Waals surface area (Å²) in [4.78, 5) is 41.8. The number of guanidine groups is 2. The van der Waals surface area contributed by atoms with Gasteiger partial charge in [-0.25, -0.2) is 9.69 Å². The van der Waals surface area contributed by atoms with Crippen molar-refractivity contribution in [3.63, 3.8) is 0 Å². The molecule has 0 aromatic heterocycles. The van der Waals surface area contributed by atoms with Gasteiger partial charge in [0.05, 0.1) is 6.04 Å². The zero-order valence-corrected chi connectivity index (χ0v) is 23.8. The van der Waals surface area contributed by atoms with Gasteiger partial charge in [0.1, 0.15) is 12.6 Å². The van der Waals surface area contributed by atoms with E-state index in [0.717, 1.165) is 15.7 Å². The van der Waals surface area contributed by atoms with Crippen LogP contribution in [-0.2, 0) is 20.9 Å². The minimum absolute atomic E-state index is 0.0461. The number of benzene rings is 3. The van der Waals surface area contributed by atoms with Gasteiger partial charge in [0.2, 0.25) is 11.8 Å². The van der Waals surface area contributed by atoms with Crippen molar-refractivity contribution < 1.29 is 19.1 Å². The second-order valence-electron chi connectivity index (χ2n) is 9.89. The number of hydrogen-bond donors (Lipinski definition) is 8. The minimum atomic E-state index is -1.28. The van der Waals surface area contributed by atoms with Crippen LogP contribution in [0.3, 0.4) is 0 Å². The van der Waals surface area contributed by atoms with Crippen LogP contribution in [0.15, 0.2) is 72.8 Å². The number of fused-ring (bicyclic) bond motifs is 1. The molecule has 0 bridgehead atoms. The van der Waals surface area contributed by atoms with Crippen molar-refractivity contribution >= 4 is 46.3 Å². The van der Waals surface area contributed by atoms with Crippen molar-refractivity contribution in [3.05, 3.63) is 78.4 Å².